The Morgan fingerprint density at radius 3 is 2.48 bits per heavy atom. The van der Waals surface area contributed by atoms with Gasteiger partial charge in [0.25, 0.3) is 0 Å². The van der Waals surface area contributed by atoms with Gasteiger partial charge in [-0.1, -0.05) is 26.2 Å². The van der Waals surface area contributed by atoms with Crippen LogP contribution in [0.4, 0.5) is 0 Å². The quantitative estimate of drug-likeness (QED) is 0.799. The minimum absolute atomic E-state index is 0.343. The van der Waals surface area contributed by atoms with Gasteiger partial charge in [-0.25, -0.2) is 18.1 Å². The standard InChI is InChI=1S/C17H29N3O2S/c1-2-3-10-20-16(13-14-8-11-23(21,22)12-9-14)18-17(19-20)15-6-4-5-7-15/h14-15H,2-13H2,1H3. The molecule has 5 nitrogen and oxygen atoms in total. The zero-order chi connectivity index (χ0) is 16.3. The lowest BCUT2D eigenvalue weighted by Gasteiger charge is -2.21. The van der Waals surface area contributed by atoms with Crippen LogP contribution < -0.4 is 0 Å². The maximum Gasteiger partial charge on any atom is 0.154 e. The molecular weight excluding hydrogens is 310 g/mol. The van der Waals surface area contributed by atoms with Crippen molar-refractivity contribution in [3.63, 3.8) is 0 Å². The number of aryl methyl sites for hydroxylation is 1. The SMILES string of the molecule is CCCCn1nc(C2CCCC2)nc1CC1CCS(=O)(=O)CC1. The van der Waals surface area contributed by atoms with Crippen LogP contribution in [-0.4, -0.2) is 34.7 Å². The van der Waals surface area contributed by atoms with Crippen LogP contribution in [0, 0.1) is 5.92 Å². The first-order valence-corrected chi connectivity index (χ1v) is 11.0. The van der Waals surface area contributed by atoms with Gasteiger partial charge in [0, 0.05) is 18.9 Å². The van der Waals surface area contributed by atoms with Crippen LogP contribution in [0.1, 0.15) is 75.9 Å². The summed E-state index contributed by atoms with van der Waals surface area (Å²) in [5.74, 6) is 3.80. The summed E-state index contributed by atoms with van der Waals surface area (Å²) < 4.78 is 25.3. The van der Waals surface area contributed by atoms with E-state index >= 15 is 0 Å². The average Bonchev–Trinajstić information content (AvgIpc) is 3.17. The third-order valence-electron chi connectivity index (χ3n) is 5.35. The van der Waals surface area contributed by atoms with E-state index in [1.807, 2.05) is 0 Å². The van der Waals surface area contributed by atoms with Gasteiger partial charge in [-0.05, 0) is 38.0 Å². The Morgan fingerprint density at radius 2 is 1.83 bits per heavy atom. The second kappa shape index (κ2) is 7.32. The minimum Gasteiger partial charge on any atom is -0.250 e. The number of hydrogen-bond acceptors (Lipinski definition) is 4. The molecule has 2 fully saturated rings. The third-order valence-corrected chi connectivity index (χ3v) is 7.07. The highest BCUT2D eigenvalue weighted by molar-refractivity contribution is 7.91. The van der Waals surface area contributed by atoms with Crippen molar-refractivity contribution in [2.45, 2.75) is 77.2 Å². The Bertz CT molecular complexity index is 604. The number of hydrogen-bond donors (Lipinski definition) is 0. The lowest BCUT2D eigenvalue weighted by Crippen LogP contribution is -2.25. The van der Waals surface area contributed by atoms with Gasteiger partial charge in [0.05, 0.1) is 11.5 Å². The first-order valence-electron chi connectivity index (χ1n) is 9.21. The summed E-state index contributed by atoms with van der Waals surface area (Å²) in [5.41, 5.74) is 0. The summed E-state index contributed by atoms with van der Waals surface area (Å²) in [6.45, 7) is 3.14. The van der Waals surface area contributed by atoms with Crippen LogP contribution >= 0.6 is 0 Å². The molecule has 0 spiro atoms. The van der Waals surface area contributed by atoms with E-state index in [2.05, 4.69) is 11.6 Å². The van der Waals surface area contributed by atoms with Crippen molar-refractivity contribution in [1.29, 1.82) is 0 Å². The van der Waals surface area contributed by atoms with Gasteiger partial charge in [-0.15, -0.1) is 0 Å². The smallest absolute Gasteiger partial charge is 0.154 e. The monoisotopic (exact) mass is 339 g/mol. The molecule has 1 saturated carbocycles. The first-order chi connectivity index (χ1) is 11.1. The van der Waals surface area contributed by atoms with Crippen molar-refractivity contribution in [1.82, 2.24) is 14.8 Å². The van der Waals surface area contributed by atoms with Crippen molar-refractivity contribution >= 4 is 9.84 Å². The van der Waals surface area contributed by atoms with Crippen LogP contribution in [0.5, 0.6) is 0 Å². The van der Waals surface area contributed by atoms with Crippen molar-refractivity contribution in [2.75, 3.05) is 11.5 Å². The van der Waals surface area contributed by atoms with Crippen LogP contribution in [0.3, 0.4) is 0 Å². The van der Waals surface area contributed by atoms with Gasteiger partial charge in [0.15, 0.2) is 5.82 Å². The van der Waals surface area contributed by atoms with E-state index < -0.39 is 9.84 Å². The van der Waals surface area contributed by atoms with Crippen molar-refractivity contribution in [2.24, 2.45) is 5.92 Å². The molecule has 1 aromatic rings. The Hall–Kier alpha value is -0.910. The molecule has 0 bridgehead atoms. The van der Waals surface area contributed by atoms with E-state index in [1.54, 1.807) is 0 Å². The molecule has 3 rings (SSSR count). The van der Waals surface area contributed by atoms with E-state index in [9.17, 15) is 8.42 Å². The fourth-order valence-corrected chi connectivity index (χ4v) is 5.38. The highest BCUT2D eigenvalue weighted by Crippen LogP contribution is 2.33. The van der Waals surface area contributed by atoms with E-state index in [-0.39, 0.29) is 0 Å². The summed E-state index contributed by atoms with van der Waals surface area (Å²) in [6, 6.07) is 0. The molecule has 0 N–H and O–H groups in total. The van der Waals surface area contributed by atoms with Gasteiger partial charge >= 0.3 is 0 Å². The fourth-order valence-electron chi connectivity index (χ4n) is 3.79. The number of aromatic nitrogens is 3. The number of unbranched alkanes of at least 4 members (excludes halogenated alkanes) is 1. The zero-order valence-electron chi connectivity index (χ0n) is 14.2. The molecule has 0 atom stereocenters. The predicted molar refractivity (Wildman–Crippen MR) is 91.2 cm³/mol. The molecule has 0 aromatic carbocycles. The molecule has 130 valence electrons. The molecule has 2 aliphatic rings. The molecule has 1 saturated heterocycles. The van der Waals surface area contributed by atoms with Gasteiger partial charge in [0.2, 0.25) is 0 Å². The Morgan fingerprint density at radius 1 is 1.13 bits per heavy atom. The van der Waals surface area contributed by atoms with E-state index in [4.69, 9.17) is 10.1 Å². The Kier molecular flexibility index (Phi) is 5.39. The van der Waals surface area contributed by atoms with Crippen LogP contribution in [0.15, 0.2) is 0 Å². The van der Waals surface area contributed by atoms with E-state index in [0.717, 1.165) is 50.3 Å². The van der Waals surface area contributed by atoms with Gasteiger partial charge in [-0.2, -0.15) is 5.10 Å². The van der Waals surface area contributed by atoms with Crippen molar-refractivity contribution in [3.8, 4) is 0 Å². The zero-order valence-corrected chi connectivity index (χ0v) is 15.0. The van der Waals surface area contributed by atoms with E-state index in [1.165, 1.54) is 25.7 Å². The summed E-state index contributed by atoms with van der Waals surface area (Å²) in [4.78, 5) is 4.88. The predicted octanol–water partition coefficient (Wildman–Crippen LogP) is 3.10. The molecule has 1 aliphatic carbocycles. The highest BCUT2D eigenvalue weighted by Gasteiger charge is 2.27. The second-order valence-electron chi connectivity index (χ2n) is 7.24. The largest absolute Gasteiger partial charge is 0.250 e. The molecule has 0 radical (unpaired) electrons. The lowest BCUT2D eigenvalue weighted by atomic mass is 9.98. The summed E-state index contributed by atoms with van der Waals surface area (Å²) >= 11 is 0. The van der Waals surface area contributed by atoms with Gasteiger partial charge in [-0.3, -0.25) is 0 Å². The minimum atomic E-state index is -2.78. The molecule has 1 aromatic heterocycles. The van der Waals surface area contributed by atoms with Crippen molar-refractivity contribution < 1.29 is 8.42 Å². The molecular formula is C17H29N3O2S. The maximum atomic E-state index is 11.6. The van der Waals surface area contributed by atoms with Crippen LogP contribution in [0.25, 0.3) is 0 Å². The topological polar surface area (TPSA) is 64.8 Å². The normalized spacial score (nSPS) is 22.7. The van der Waals surface area contributed by atoms with Crippen LogP contribution in [-0.2, 0) is 22.8 Å². The average molecular weight is 340 g/mol. The first kappa shape index (κ1) is 16.9. The van der Waals surface area contributed by atoms with Crippen molar-refractivity contribution in [3.05, 3.63) is 11.6 Å². The number of rotatable bonds is 6. The molecule has 2 heterocycles. The summed E-state index contributed by atoms with van der Waals surface area (Å²) in [7, 11) is -2.78. The number of sulfone groups is 1. The Labute approximate surface area is 139 Å². The summed E-state index contributed by atoms with van der Waals surface area (Å²) in [5, 5.41) is 4.81. The highest BCUT2D eigenvalue weighted by atomic mass is 32.2. The van der Waals surface area contributed by atoms with Gasteiger partial charge < -0.3 is 0 Å². The lowest BCUT2D eigenvalue weighted by molar-refractivity contribution is 0.434. The third kappa shape index (κ3) is 4.34. The molecule has 23 heavy (non-hydrogen) atoms. The summed E-state index contributed by atoms with van der Waals surface area (Å²) in [6.07, 6.45) is 9.76. The van der Waals surface area contributed by atoms with E-state index in [0.29, 0.717) is 23.3 Å². The number of nitrogens with zero attached hydrogens (tertiary/aromatic N) is 3. The van der Waals surface area contributed by atoms with Crippen LogP contribution in [0.2, 0.25) is 0 Å². The second-order valence-corrected chi connectivity index (χ2v) is 9.55. The fraction of sp³-hybridized carbons (Fsp3) is 0.882. The maximum absolute atomic E-state index is 11.6. The molecule has 0 amide bonds. The molecule has 1 aliphatic heterocycles. The molecule has 0 unspecified atom stereocenters. The molecule has 6 heteroatoms. The van der Waals surface area contributed by atoms with Gasteiger partial charge in [0.1, 0.15) is 15.7 Å². The Balaban J connectivity index is 1.71.